The molecule has 6 heteroatoms. The highest BCUT2D eigenvalue weighted by molar-refractivity contribution is 5.34. The SMILES string of the molecule is CNC(c1ccc(OC(F)F)cc1)c1cncc(F)c1. The predicted molar refractivity (Wildman–Crippen MR) is 68.2 cm³/mol. The quantitative estimate of drug-likeness (QED) is 0.915. The lowest BCUT2D eigenvalue weighted by molar-refractivity contribution is -0.0498. The van der Waals surface area contributed by atoms with Crippen molar-refractivity contribution >= 4 is 0 Å². The summed E-state index contributed by atoms with van der Waals surface area (Å²) < 4.78 is 41.6. The fourth-order valence-electron chi connectivity index (χ4n) is 1.95. The third-order valence-corrected chi connectivity index (χ3v) is 2.79. The predicted octanol–water partition coefficient (Wildman–Crippen LogP) is 3.13. The Labute approximate surface area is 114 Å². The highest BCUT2D eigenvalue weighted by Crippen LogP contribution is 2.24. The first-order valence-electron chi connectivity index (χ1n) is 5.92. The van der Waals surface area contributed by atoms with Gasteiger partial charge in [-0.2, -0.15) is 8.78 Å². The Morgan fingerprint density at radius 2 is 1.80 bits per heavy atom. The van der Waals surface area contributed by atoms with Gasteiger partial charge in [0.05, 0.1) is 12.2 Å². The van der Waals surface area contributed by atoms with Gasteiger partial charge in [-0.25, -0.2) is 4.39 Å². The molecule has 1 atom stereocenters. The Morgan fingerprint density at radius 3 is 2.35 bits per heavy atom. The number of aromatic nitrogens is 1. The molecule has 1 aromatic carbocycles. The normalized spacial score (nSPS) is 12.4. The second kappa shape index (κ2) is 6.38. The maximum absolute atomic E-state index is 13.2. The van der Waals surface area contributed by atoms with E-state index in [4.69, 9.17) is 0 Å². The van der Waals surface area contributed by atoms with E-state index >= 15 is 0 Å². The van der Waals surface area contributed by atoms with Crippen LogP contribution in [0.25, 0.3) is 0 Å². The zero-order valence-corrected chi connectivity index (χ0v) is 10.7. The molecule has 0 bridgehead atoms. The van der Waals surface area contributed by atoms with Gasteiger partial charge in [0.25, 0.3) is 0 Å². The molecule has 0 aliphatic carbocycles. The highest BCUT2D eigenvalue weighted by Gasteiger charge is 2.13. The van der Waals surface area contributed by atoms with Crippen LogP contribution in [0.2, 0.25) is 0 Å². The number of nitrogens with one attached hydrogen (secondary N) is 1. The van der Waals surface area contributed by atoms with Crippen molar-refractivity contribution in [3.63, 3.8) is 0 Å². The molecule has 106 valence electrons. The molecular weight excluding hydrogens is 269 g/mol. The Hall–Kier alpha value is -2.08. The Bertz CT molecular complexity index is 561. The number of pyridine rings is 1. The van der Waals surface area contributed by atoms with E-state index in [1.54, 1.807) is 25.4 Å². The zero-order chi connectivity index (χ0) is 14.5. The highest BCUT2D eigenvalue weighted by atomic mass is 19.3. The molecule has 0 saturated heterocycles. The lowest BCUT2D eigenvalue weighted by atomic mass is 10.0. The Kier molecular flexibility index (Phi) is 4.57. The number of benzene rings is 1. The number of nitrogens with zero attached hydrogens (tertiary/aromatic N) is 1. The fourth-order valence-corrected chi connectivity index (χ4v) is 1.95. The lowest BCUT2D eigenvalue weighted by Gasteiger charge is -2.17. The third-order valence-electron chi connectivity index (χ3n) is 2.79. The summed E-state index contributed by atoms with van der Waals surface area (Å²) in [6.45, 7) is -2.85. The molecule has 0 spiro atoms. The van der Waals surface area contributed by atoms with Crippen molar-refractivity contribution in [3.05, 3.63) is 59.7 Å². The summed E-state index contributed by atoms with van der Waals surface area (Å²) in [7, 11) is 1.72. The van der Waals surface area contributed by atoms with Crippen LogP contribution in [-0.2, 0) is 0 Å². The molecule has 20 heavy (non-hydrogen) atoms. The number of hydrogen-bond donors (Lipinski definition) is 1. The largest absolute Gasteiger partial charge is 0.435 e. The molecule has 2 aromatic rings. The van der Waals surface area contributed by atoms with E-state index in [9.17, 15) is 13.2 Å². The van der Waals surface area contributed by atoms with E-state index < -0.39 is 12.4 Å². The van der Waals surface area contributed by atoms with E-state index in [2.05, 4.69) is 15.0 Å². The van der Waals surface area contributed by atoms with Crippen molar-refractivity contribution in [1.82, 2.24) is 10.3 Å². The van der Waals surface area contributed by atoms with Crippen molar-refractivity contribution in [1.29, 1.82) is 0 Å². The van der Waals surface area contributed by atoms with Crippen LogP contribution in [0.3, 0.4) is 0 Å². The average Bonchev–Trinajstić information content (AvgIpc) is 2.41. The van der Waals surface area contributed by atoms with Crippen molar-refractivity contribution in [2.24, 2.45) is 0 Å². The van der Waals surface area contributed by atoms with Gasteiger partial charge in [-0.05, 0) is 36.4 Å². The third kappa shape index (κ3) is 3.48. The smallest absolute Gasteiger partial charge is 0.387 e. The van der Waals surface area contributed by atoms with Crippen molar-refractivity contribution < 1.29 is 17.9 Å². The van der Waals surface area contributed by atoms with Gasteiger partial charge >= 0.3 is 6.61 Å². The summed E-state index contributed by atoms with van der Waals surface area (Å²) in [4.78, 5) is 3.80. The van der Waals surface area contributed by atoms with Gasteiger partial charge in [0, 0.05) is 6.20 Å². The van der Waals surface area contributed by atoms with Crippen molar-refractivity contribution in [2.45, 2.75) is 12.7 Å². The number of alkyl halides is 2. The molecular formula is C14H13F3N2O. The minimum atomic E-state index is -2.85. The molecule has 0 saturated carbocycles. The van der Waals surface area contributed by atoms with E-state index in [0.717, 1.165) is 11.8 Å². The van der Waals surface area contributed by atoms with Crippen LogP contribution in [0, 0.1) is 5.82 Å². The van der Waals surface area contributed by atoms with E-state index in [0.29, 0.717) is 5.56 Å². The summed E-state index contributed by atoms with van der Waals surface area (Å²) in [6, 6.07) is 7.27. The van der Waals surface area contributed by atoms with Crippen molar-refractivity contribution in [2.75, 3.05) is 7.05 Å². The van der Waals surface area contributed by atoms with Crippen LogP contribution in [0.1, 0.15) is 17.2 Å². The molecule has 0 aliphatic heterocycles. The molecule has 1 N–H and O–H groups in total. The Morgan fingerprint density at radius 1 is 1.10 bits per heavy atom. The molecule has 1 heterocycles. The van der Waals surface area contributed by atoms with Crippen LogP contribution >= 0.6 is 0 Å². The second-order valence-electron chi connectivity index (χ2n) is 4.11. The number of hydrogen-bond acceptors (Lipinski definition) is 3. The van der Waals surface area contributed by atoms with Gasteiger partial charge in [0.2, 0.25) is 0 Å². The minimum Gasteiger partial charge on any atom is -0.435 e. The van der Waals surface area contributed by atoms with Gasteiger partial charge in [0.1, 0.15) is 11.6 Å². The van der Waals surface area contributed by atoms with Crippen LogP contribution in [0.15, 0.2) is 42.7 Å². The first-order chi connectivity index (χ1) is 9.60. The molecule has 1 aromatic heterocycles. The standard InChI is InChI=1S/C14H13F3N2O/c1-18-13(10-6-11(15)8-19-7-10)9-2-4-12(5-3-9)20-14(16)17/h2-8,13-14,18H,1H3. The first kappa shape index (κ1) is 14.3. The molecule has 0 aliphatic rings. The summed E-state index contributed by atoms with van der Waals surface area (Å²) in [5.41, 5.74) is 1.44. The topological polar surface area (TPSA) is 34.1 Å². The molecule has 0 amide bonds. The summed E-state index contributed by atoms with van der Waals surface area (Å²) in [6.07, 6.45) is 2.67. The average molecular weight is 282 g/mol. The molecule has 0 radical (unpaired) electrons. The van der Waals surface area contributed by atoms with Crippen LogP contribution in [0.5, 0.6) is 5.75 Å². The van der Waals surface area contributed by atoms with Gasteiger partial charge in [-0.1, -0.05) is 12.1 Å². The lowest BCUT2D eigenvalue weighted by Crippen LogP contribution is -2.18. The number of halogens is 3. The van der Waals surface area contributed by atoms with Gasteiger partial charge < -0.3 is 10.1 Å². The van der Waals surface area contributed by atoms with Gasteiger partial charge in [-0.3, -0.25) is 4.98 Å². The molecule has 1 unspecified atom stereocenters. The van der Waals surface area contributed by atoms with Gasteiger partial charge in [-0.15, -0.1) is 0 Å². The summed E-state index contributed by atoms with van der Waals surface area (Å²) >= 11 is 0. The van der Waals surface area contributed by atoms with Crippen molar-refractivity contribution in [3.8, 4) is 5.75 Å². The molecule has 0 fully saturated rings. The fraction of sp³-hybridized carbons (Fsp3) is 0.214. The first-order valence-corrected chi connectivity index (χ1v) is 5.92. The Balaban J connectivity index is 2.23. The maximum atomic E-state index is 13.2. The van der Waals surface area contributed by atoms with E-state index in [1.807, 2.05) is 0 Å². The maximum Gasteiger partial charge on any atom is 0.387 e. The minimum absolute atomic E-state index is 0.0796. The van der Waals surface area contributed by atoms with Gasteiger partial charge in [0.15, 0.2) is 0 Å². The van der Waals surface area contributed by atoms with Crippen LogP contribution in [-0.4, -0.2) is 18.6 Å². The molecule has 2 rings (SSSR count). The summed E-state index contributed by atoms with van der Waals surface area (Å²) in [5.74, 6) is -0.351. The van der Waals surface area contributed by atoms with Crippen LogP contribution < -0.4 is 10.1 Å². The zero-order valence-electron chi connectivity index (χ0n) is 10.7. The van der Waals surface area contributed by atoms with E-state index in [-0.39, 0.29) is 11.8 Å². The number of rotatable bonds is 5. The van der Waals surface area contributed by atoms with E-state index in [1.165, 1.54) is 18.2 Å². The monoisotopic (exact) mass is 282 g/mol. The molecule has 3 nitrogen and oxygen atoms in total. The van der Waals surface area contributed by atoms with Crippen LogP contribution in [0.4, 0.5) is 13.2 Å². The second-order valence-corrected chi connectivity index (χ2v) is 4.11. The summed E-state index contributed by atoms with van der Waals surface area (Å²) in [5, 5.41) is 3.03. The number of ether oxygens (including phenoxy) is 1.